The van der Waals surface area contributed by atoms with Crippen molar-refractivity contribution in [2.45, 2.75) is 38.5 Å². The molecule has 1 saturated carbocycles. The van der Waals surface area contributed by atoms with E-state index >= 15 is 0 Å². The minimum atomic E-state index is 0. The van der Waals surface area contributed by atoms with Crippen LogP contribution in [0.5, 0.6) is 5.75 Å². The second-order valence-electron chi connectivity index (χ2n) is 7.97. The average molecular weight is 557 g/mol. The number of para-hydroxylation sites is 1. The summed E-state index contributed by atoms with van der Waals surface area (Å²) >= 11 is 1.51. The first-order chi connectivity index (χ1) is 14.7. The molecule has 0 unspecified atom stereocenters. The van der Waals surface area contributed by atoms with Crippen LogP contribution >= 0.6 is 35.5 Å². The minimum Gasteiger partial charge on any atom is -0.496 e. The van der Waals surface area contributed by atoms with Gasteiger partial charge in [0.2, 0.25) is 5.13 Å². The third-order valence-electron chi connectivity index (χ3n) is 6.02. The molecule has 9 heteroatoms. The lowest BCUT2D eigenvalue weighted by Gasteiger charge is -2.36. The van der Waals surface area contributed by atoms with Gasteiger partial charge in [0, 0.05) is 61.7 Å². The van der Waals surface area contributed by atoms with Gasteiger partial charge in [-0.1, -0.05) is 25.1 Å². The monoisotopic (exact) mass is 556 g/mol. The average Bonchev–Trinajstić information content (AvgIpc) is 3.43. The first-order valence-electron chi connectivity index (χ1n) is 10.9. The molecule has 1 aromatic heterocycles. The summed E-state index contributed by atoms with van der Waals surface area (Å²) in [7, 11) is 1.75. The highest BCUT2D eigenvalue weighted by Crippen LogP contribution is 2.51. The molecule has 2 aliphatic rings. The Morgan fingerprint density at radius 3 is 2.55 bits per heavy atom. The molecule has 1 aliphatic heterocycles. The van der Waals surface area contributed by atoms with Crippen molar-refractivity contribution in [3.05, 3.63) is 35.7 Å². The summed E-state index contributed by atoms with van der Waals surface area (Å²) in [5.74, 6) is 2.94. The van der Waals surface area contributed by atoms with Crippen LogP contribution in [0.25, 0.3) is 0 Å². The molecule has 0 atom stereocenters. The first-order valence-corrected chi connectivity index (χ1v) is 11.7. The fraction of sp³-hybridized carbons (Fsp3) is 0.591. The van der Waals surface area contributed by atoms with Crippen molar-refractivity contribution in [2.24, 2.45) is 4.99 Å². The van der Waals surface area contributed by atoms with Crippen molar-refractivity contribution in [3.63, 3.8) is 0 Å². The number of benzene rings is 1. The van der Waals surface area contributed by atoms with Gasteiger partial charge in [0.05, 0.1) is 13.7 Å². The highest BCUT2D eigenvalue weighted by molar-refractivity contribution is 14.0. The number of aryl methyl sites for hydroxylation is 1. The zero-order valence-electron chi connectivity index (χ0n) is 18.6. The van der Waals surface area contributed by atoms with Crippen molar-refractivity contribution in [1.29, 1.82) is 0 Å². The molecule has 1 aliphatic carbocycles. The number of methoxy groups -OCH3 is 1. The molecule has 2 aromatic rings. The van der Waals surface area contributed by atoms with Crippen molar-refractivity contribution < 1.29 is 4.74 Å². The predicted molar refractivity (Wildman–Crippen MR) is 138 cm³/mol. The normalized spacial score (nSPS) is 17.8. The molecule has 31 heavy (non-hydrogen) atoms. The highest BCUT2D eigenvalue weighted by Gasteiger charge is 2.46. The SMILES string of the molecule is CCNC(=NCC1(c2ccccc2OC)CC1)N1CCN(c2nc(CC)ns2)CC1.I. The Balaban J connectivity index is 0.00000272. The molecule has 1 aromatic carbocycles. The molecule has 0 bridgehead atoms. The van der Waals surface area contributed by atoms with Crippen LogP contribution in [0.3, 0.4) is 0 Å². The molecule has 7 nitrogen and oxygen atoms in total. The van der Waals surface area contributed by atoms with E-state index in [1.54, 1.807) is 7.11 Å². The van der Waals surface area contributed by atoms with E-state index in [2.05, 4.69) is 56.5 Å². The molecule has 2 heterocycles. The Labute approximate surface area is 206 Å². The van der Waals surface area contributed by atoms with Gasteiger partial charge in [-0.3, -0.25) is 4.99 Å². The van der Waals surface area contributed by atoms with E-state index in [0.717, 1.165) is 68.4 Å². The summed E-state index contributed by atoms with van der Waals surface area (Å²) in [6.45, 7) is 9.67. The number of rotatable bonds is 7. The van der Waals surface area contributed by atoms with E-state index in [1.165, 1.54) is 29.9 Å². The number of piperazine rings is 1. The van der Waals surface area contributed by atoms with Crippen LogP contribution in [0.1, 0.15) is 38.1 Å². The summed E-state index contributed by atoms with van der Waals surface area (Å²) in [4.78, 5) is 14.4. The largest absolute Gasteiger partial charge is 0.496 e. The van der Waals surface area contributed by atoms with Gasteiger partial charge in [0.25, 0.3) is 0 Å². The third-order valence-corrected chi connectivity index (χ3v) is 6.84. The molecule has 1 N–H and O–H groups in total. The van der Waals surface area contributed by atoms with E-state index in [-0.39, 0.29) is 29.4 Å². The van der Waals surface area contributed by atoms with Crippen molar-refractivity contribution in [3.8, 4) is 5.75 Å². The van der Waals surface area contributed by atoms with Crippen molar-refractivity contribution >= 4 is 46.6 Å². The summed E-state index contributed by atoms with van der Waals surface area (Å²) in [5, 5.41) is 4.54. The van der Waals surface area contributed by atoms with E-state index in [1.807, 2.05) is 6.07 Å². The fourth-order valence-corrected chi connectivity index (χ4v) is 4.83. The number of aromatic nitrogens is 2. The molecular weight excluding hydrogens is 523 g/mol. The standard InChI is InChI=1S/C22H32N6OS.HI/c1-4-19-25-21(30-26-19)28-14-12-27(13-15-28)20(23-5-2)24-16-22(10-11-22)17-8-6-7-9-18(17)29-3;/h6-9H,4-5,10-16H2,1-3H3,(H,23,24);1H. The molecule has 1 saturated heterocycles. The molecule has 170 valence electrons. The summed E-state index contributed by atoms with van der Waals surface area (Å²) in [5.41, 5.74) is 1.41. The number of guanidine groups is 1. The van der Waals surface area contributed by atoms with E-state index in [4.69, 9.17) is 9.73 Å². The number of aliphatic imine (C=N–C) groups is 1. The van der Waals surface area contributed by atoms with E-state index in [9.17, 15) is 0 Å². The van der Waals surface area contributed by atoms with Crippen LogP contribution in [0.2, 0.25) is 0 Å². The molecule has 0 radical (unpaired) electrons. The number of hydrogen-bond donors (Lipinski definition) is 1. The highest BCUT2D eigenvalue weighted by atomic mass is 127. The smallest absolute Gasteiger partial charge is 0.205 e. The van der Waals surface area contributed by atoms with Gasteiger partial charge in [0.1, 0.15) is 11.6 Å². The van der Waals surface area contributed by atoms with Crippen LogP contribution < -0.4 is 15.0 Å². The van der Waals surface area contributed by atoms with E-state index < -0.39 is 0 Å². The zero-order valence-corrected chi connectivity index (χ0v) is 21.8. The second kappa shape index (κ2) is 10.8. The fourth-order valence-electron chi connectivity index (χ4n) is 4.02. The van der Waals surface area contributed by atoms with Crippen LogP contribution in [0.4, 0.5) is 5.13 Å². The number of anilines is 1. The van der Waals surface area contributed by atoms with Gasteiger partial charge in [-0.05, 0) is 25.8 Å². The van der Waals surface area contributed by atoms with Crippen LogP contribution in [-0.4, -0.2) is 66.6 Å². The number of nitrogens with one attached hydrogen (secondary N) is 1. The number of halogens is 1. The molecule has 4 rings (SSSR count). The zero-order chi connectivity index (χ0) is 21.0. The Kier molecular flexibility index (Phi) is 8.37. The van der Waals surface area contributed by atoms with E-state index in [0.29, 0.717) is 0 Å². The van der Waals surface area contributed by atoms with Crippen LogP contribution in [0, 0.1) is 0 Å². The molecule has 2 fully saturated rings. The minimum absolute atomic E-state index is 0. The quantitative estimate of drug-likeness (QED) is 0.320. The van der Waals surface area contributed by atoms with Gasteiger partial charge >= 0.3 is 0 Å². The Hall–Kier alpha value is -1.62. The van der Waals surface area contributed by atoms with Gasteiger partial charge < -0.3 is 19.9 Å². The van der Waals surface area contributed by atoms with Crippen molar-refractivity contribution in [1.82, 2.24) is 19.6 Å². The Morgan fingerprint density at radius 1 is 1.19 bits per heavy atom. The predicted octanol–water partition coefficient (Wildman–Crippen LogP) is 3.55. The lowest BCUT2D eigenvalue weighted by Crippen LogP contribution is -2.52. The Bertz CT molecular complexity index is 876. The second-order valence-corrected chi connectivity index (χ2v) is 8.70. The van der Waals surface area contributed by atoms with Crippen LogP contribution in [0.15, 0.2) is 29.3 Å². The number of hydrogen-bond acceptors (Lipinski definition) is 6. The first kappa shape index (κ1) is 24.0. The number of ether oxygens (including phenoxy) is 1. The maximum atomic E-state index is 5.62. The molecule has 0 amide bonds. The molecular formula is C22H33IN6OS. The maximum absolute atomic E-state index is 5.62. The summed E-state index contributed by atoms with van der Waals surface area (Å²) in [6.07, 6.45) is 3.23. The van der Waals surface area contributed by atoms with Gasteiger partial charge in [-0.15, -0.1) is 24.0 Å². The van der Waals surface area contributed by atoms with Gasteiger partial charge in [-0.2, -0.15) is 4.37 Å². The number of nitrogens with zero attached hydrogens (tertiary/aromatic N) is 5. The Morgan fingerprint density at radius 2 is 1.94 bits per heavy atom. The third kappa shape index (κ3) is 5.42. The van der Waals surface area contributed by atoms with Crippen molar-refractivity contribution in [2.75, 3.05) is 51.3 Å². The topological polar surface area (TPSA) is 65.9 Å². The summed E-state index contributed by atoms with van der Waals surface area (Å²) in [6, 6.07) is 8.39. The van der Waals surface area contributed by atoms with Crippen LogP contribution in [-0.2, 0) is 11.8 Å². The maximum Gasteiger partial charge on any atom is 0.205 e. The lowest BCUT2D eigenvalue weighted by molar-refractivity contribution is 0.371. The van der Waals surface area contributed by atoms with Gasteiger partial charge in [-0.25, -0.2) is 4.98 Å². The van der Waals surface area contributed by atoms with Gasteiger partial charge in [0.15, 0.2) is 5.96 Å². The lowest BCUT2D eigenvalue weighted by atomic mass is 9.95. The molecule has 0 spiro atoms. The summed E-state index contributed by atoms with van der Waals surface area (Å²) < 4.78 is 10.0.